The smallest absolute Gasteiger partial charge is 0.170 e. The normalized spacial score (nSPS) is 10.5. The van der Waals surface area contributed by atoms with Crippen LogP contribution in [-0.4, -0.2) is 10.1 Å². The van der Waals surface area contributed by atoms with Crippen LogP contribution in [0.2, 0.25) is 0 Å². The number of aromatic nitrogens is 2. The predicted octanol–water partition coefficient (Wildman–Crippen LogP) is 2.02. The van der Waals surface area contributed by atoms with Crippen molar-refractivity contribution in [2.45, 2.75) is 13.3 Å². The van der Waals surface area contributed by atoms with Gasteiger partial charge >= 0.3 is 0 Å². The summed E-state index contributed by atoms with van der Waals surface area (Å²) in [6.07, 6.45) is 1.82. The summed E-state index contributed by atoms with van der Waals surface area (Å²) in [5.74, 6) is 0.222. The van der Waals surface area contributed by atoms with E-state index in [2.05, 4.69) is 10.1 Å². The summed E-state index contributed by atoms with van der Waals surface area (Å²) in [6.45, 7) is 1.95. The Kier molecular flexibility index (Phi) is 2.37. The van der Waals surface area contributed by atoms with Crippen LogP contribution in [0, 0.1) is 5.82 Å². The van der Waals surface area contributed by atoms with Gasteiger partial charge < -0.3 is 10.3 Å². The maximum absolute atomic E-state index is 12.9. The van der Waals surface area contributed by atoms with Crippen LogP contribution in [0.4, 0.5) is 10.2 Å². The molecule has 0 amide bonds. The van der Waals surface area contributed by atoms with E-state index in [4.69, 9.17) is 10.3 Å². The maximum atomic E-state index is 12.9. The quantitative estimate of drug-likeness (QED) is 0.818. The highest BCUT2D eigenvalue weighted by Crippen LogP contribution is 2.25. The van der Waals surface area contributed by atoms with E-state index in [9.17, 15) is 4.39 Å². The molecule has 2 aromatic rings. The number of nitrogens with zero attached hydrogens (tertiary/aromatic N) is 2. The van der Waals surface area contributed by atoms with E-state index in [0.717, 1.165) is 18.3 Å². The fourth-order valence-electron chi connectivity index (χ4n) is 1.25. The van der Waals surface area contributed by atoms with Crippen molar-refractivity contribution >= 4 is 5.82 Å². The summed E-state index contributed by atoms with van der Waals surface area (Å²) in [7, 11) is 0. The molecular formula is C10H10FN3O. The predicted molar refractivity (Wildman–Crippen MR) is 53.5 cm³/mol. The van der Waals surface area contributed by atoms with Gasteiger partial charge in [-0.2, -0.15) is 0 Å². The molecule has 0 aliphatic carbocycles. The minimum atomic E-state index is -0.450. The van der Waals surface area contributed by atoms with Gasteiger partial charge in [0.15, 0.2) is 5.76 Å². The molecule has 2 rings (SSSR count). The van der Waals surface area contributed by atoms with Crippen molar-refractivity contribution in [3.05, 3.63) is 29.8 Å². The number of hydrogen-bond acceptors (Lipinski definition) is 4. The number of pyridine rings is 1. The molecule has 78 valence electrons. The SMILES string of the molecule is CCc1cc(-c2cc(F)cnc2N)on1. The Morgan fingerprint density at radius 1 is 1.47 bits per heavy atom. The minimum Gasteiger partial charge on any atom is -0.383 e. The second kappa shape index (κ2) is 3.68. The van der Waals surface area contributed by atoms with Crippen molar-refractivity contribution in [3.8, 4) is 11.3 Å². The molecule has 0 spiro atoms. The largest absolute Gasteiger partial charge is 0.383 e. The Morgan fingerprint density at radius 2 is 2.27 bits per heavy atom. The van der Waals surface area contributed by atoms with Gasteiger partial charge in [-0.1, -0.05) is 12.1 Å². The van der Waals surface area contributed by atoms with Gasteiger partial charge in [0.25, 0.3) is 0 Å². The van der Waals surface area contributed by atoms with Gasteiger partial charge in [-0.15, -0.1) is 0 Å². The van der Waals surface area contributed by atoms with E-state index < -0.39 is 5.82 Å². The van der Waals surface area contributed by atoms with Crippen molar-refractivity contribution in [3.63, 3.8) is 0 Å². The number of nitrogens with two attached hydrogens (primary N) is 1. The van der Waals surface area contributed by atoms with Crippen LogP contribution < -0.4 is 5.73 Å². The van der Waals surface area contributed by atoms with E-state index in [1.165, 1.54) is 6.07 Å². The van der Waals surface area contributed by atoms with Gasteiger partial charge in [0.05, 0.1) is 17.5 Å². The molecule has 2 N–H and O–H groups in total. The van der Waals surface area contributed by atoms with Gasteiger partial charge in [0, 0.05) is 6.07 Å². The van der Waals surface area contributed by atoms with Crippen LogP contribution in [0.15, 0.2) is 22.9 Å². The lowest BCUT2D eigenvalue weighted by Gasteiger charge is -1.99. The highest BCUT2D eigenvalue weighted by molar-refractivity contribution is 5.69. The van der Waals surface area contributed by atoms with Crippen molar-refractivity contribution in [1.29, 1.82) is 0 Å². The van der Waals surface area contributed by atoms with Crippen LogP contribution in [0.5, 0.6) is 0 Å². The second-order valence-electron chi connectivity index (χ2n) is 3.12. The zero-order chi connectivity index (χ0) is 10.8. The van der Waals surface area contributed by atoms with E-state index in [1.807, 2.05) is 6.92 Å². The Hall–Kier alpha value is -1.91. The van der Waals surface area contributed by atoms with Gasteiger partial charge in [0.2, 0.25) is 0 Å². The zero-order valence-electron chi connectivity index (χ0n) is 8.20. The lowest BCUT2D eigenvalue weighted by Crippen LogP contribution is -1.94. The second-order valence-corrected chi connectivity index (χ2v) is 3.12. The fraction of sp³-hybridized carbons (Fsp3) is 0.200. The summed E-state index contributed by atoms with van der Waals surface area (Å²) in [4.78, 5) is 3.71. The Morgan fingerprint density at radius 3 is 2.93 bits per heavy atom. The van der Waals surface area contributed by atoms with Crippen LogP contribution in [0.25, 0.3) is 11.3 Å². The number of halogens is 1. The standard InChI is InChI=1S/C10H10FN3O/c1-2-7-4-9(15-14-7)8-3-6(11)5-13-10(8)12/h3-5H,2H2,1H3,(H2,12,13). The molecule has 0 saturated heterocycles. The first kappa shape index (κ1) is 9.64. The van der Waals surface area contributed by atoms with Crippen LogP contribution in [0.3, 0.4) is 0 Å². The van der Waals surface area contributed by atoms with E-state index >= 15 is 0 Å². The molecular weight excluding hydrogens is 197 g/mol. The van der Waals surface area contributed by atoms with E-state index in [1.54, 1.807) is 6.07 Å². The Labute approximate surface area is 85.9 Å². The molecule has 2 heterocycles. The van der Waals surface area contributed by atoms with Crippen molar-refractivity contribution in [2.24, 2.45) is 0 Å². The lowest BCUT2D eigenvalue weighted by atomic mass is 10.2. The first-order valence-corrected chi connectivity index (χ1v) is 4.57. The topological polar surface area (TPSA) is 64.9 Å². The molecule has 0 unspecified atom stereocenters. The molecule has 4 nitrogen and oxygen atoms in total. The molecule has 0 aliphatic heterocycles. The highest BCUT2D eigenvalue weighted by atomic mass is 19.1. The summed E-state index contributed by atoms with van der Waals surface area (Å²) >= 11 is 0. The summed E-state index contributed by atoms with van der Waals surface area (Å²) in [6, 6.07) is 3.01. The first-order chi connectivity index (χ1) is 7.20. The van der Waals surface area contributed by atoms with Crippen molar-refractivity contribution in [2.75, 3.05) is 5.73 Å². The van der Waals surface area contributed by atoms with Gasteiger partial charge in [-0.3, -0.25) is 0 Å². The third kappa shape index (κ3) is 1.81. The van der Waals surface area contributed by atoms with Crippen LogP contribution >= 0.6 is 0 Å². The average molecular weight is 207 g/mol. The first-order valence-electron chi connectivity index (χ1n) is 4.57. The number of nitrogen functional groups attached to an aromatic ring is 1. The third-order valence-corrected chi connectivity index (χ3v) is 2.07. The number of anilines is 1. The number of aryl methyl sites for hydroxylation is 1. The zero-order valence-corrected chi connectivity index (χ0v) is 8.20. The Balaban J connectivity index is 2.48. The maximum Gasteiger partial charge on any atom is 0.170 e. The van der Waals surface area contributed by atoms with Gasteiger partial charge in [0.1, 0.15) is 11.6 Å². The van der Waals surface area contributed by atoms with E-state index in [-0.39, 0.29) is 5.82 Å². The molecule has 0 atom stereocenters. The molecule has 0 radical (unpaired) electrons. The highest BCUT2D eigenvalue weighted by Gasteiger charge is 2.10. The van der Waals surface area contributed by atoms with Crippen LogP contribution in [-0.2, 0) is 6.42 Å². The Bertz CT molecular complexity index is 481. The molecule has 0 bridgehead atoms. The van der Waals surface area contributed by atoms with Gasteiger partial charge in [-0.25, -0.2) is 9.37 Å². The summed E-state index contributed by atoms with van der Waals surface area (Å²) in [5.41, 5.74) is 6.84. The van der Waals surface area contributed by atoms with E-state index in [0.29, 0.717) is 11.3 Å². The van der Waals surface area contributed by atoms with Crippen LogP contribution in [0.1, 0.15) is 12.6 Å². The van der Waals surface area contributed by atoms with Crippen molar-refractivity contribution < 1.29 is 8.91 Å². The molecule has 0 aliphatic rings. The molecule has 0 aromatic carbocycles. The minimum absolute atomic E-state index is 0.232. The number of hydrogen-bond donors (Lipinski definition) is 1. The lowest BCUT2D eigenvalue weighted by molar-refractivity contribution is 0.424. The third-order valence-electron chi connectivity index (χ3n) is 2.07. The molecule has 5 heteroatoms. The fourth-order valence-corrected chi connectivity index (χ4v) is 1.25. The van der Waals surface area contributed by atoms with Crippen molar-refractivity contribution in [1.82, 2.24) is 10.1 Å². The monoisotopic (exact) mass is 207 g/mol. The average Bonchev–Trinajstić information content (AvgIpc) is 2.70. The van der Waals surface area contributed by atoms with Gasteiger partial charge in [-0.05, 0) is 12.5 Å². The molecule has 0 saturated carbocycles. The number of rotatable bonds is 2. The summed E-state index contributed by atoms with van der Waals surface area (Å²) < 4.78 is 18.0. The molecule has 2 aromatic heterocycles. The summed E-state index contributed by atoms with van der Waals surface area (Å²) in [5, 5.41) is 3.80. The molecule has 0 fully saturated rings. The molecule has 15 heavy (non-hydrogen) atoms.